The first-order chi connectivity index (χ1) is 11.2. The molecule has 0 radical (unpaired) electrons. The van der Waals surface area contributed by atoms with Crippen molar-refractivity contribution in [3.05, 3.63) is 23.1 Å². The topological polar surface area (TPSA) is 67.3 Å². The molecule has 0 bridgehead atoms. The molecule has 7 nitrogen and oxygen atoms in total. The lowest BCUT2D eigenvalue weighted by Gasteiger charge is -2.22. The van der Waals surface area contributed by atoms with Crippen molar-refractivity contribution in [3.8, 4) is 0 Å². The Labute approximate surface area is 139 Å². The number of nitrogens with zero attached hydrogens (tertiary/aromatic N) is 6. The van der Waals surface area contributed by atoms with Crippen molar-refractivity contribution < 1.29 is 4.74 Å². The number of hydrogen-bond acceptors (Lipinski definition) is 8. The second-order valence-corrected chi connectivity index (χ2v) is 7.31. The Bertz CT molecular complexity index is 678. The van der Waals surface area contributed by atoms with Gasteiger partial charge in [-0.1, -0.05) is 11.3 Å². The Balaban J connectivity index is 1.42. The maximum Gasteiger partial charge on any atom is 0.208 e. The second-order valence-electron chi connectivity index (χ2n) is 6.27. The molecule has 0 spiro atoms. The van der Waals surface area contributed by atoms with Crippen LogP contribution in [-0.4, -0.2) is 53.5 Å². The Morgan fingerprint density at radius 2 is 1.91 bits per heavy atom. The summed E-state index contributed by atoms with van der Waals surface area (Å²) in [5.41, 5.74) is 1.15. The number of rotatable bonds is 4. The molecule has 4 rings (SSSR count). The molecule has 0 saturated carbocycles. The Morgan fingerprint density at radius 1 is 1.17 bits per heavy atom. The van der Waals surface area contributed by atoms with Crippen LogP contribution in [0.2, 0.25) is 0 Å². The largest absolute Gasteiger partial charge is 0.377 e. The van der Waals surface area contributed by atoms with Gasteiger partial charge in [0.1, 0.15) is 23.8 Å². The molecule has 8 heteroatoms. The summed E-state index contributed by atoms with van der Waals surface area (Å²) in [5.74, 6) is 2.41. The average molecular weight is 332 g/mol. The molecule has 2 aliphatic heterocycles. The first-order valence-electron chi connectivity index (χ1n) is 7.82. The third kappa shape index (κ3) is 2.76. The fourth-order valence-corrected chi connectivity index (χ4v) is 4.43. The third-order valence-corrected chi connectivity index (χ3v) is 5.61. The van der Waals surface area contributed by atoms with Gasteiger partial charge in [-0.2, -0.15) is 0 Å². The Hall–Kier alpha value is -1.80. The molecule has 2 aromatic rings. The second kappa shape index (κ2) is 6.01. The summed E-state index contributed by atoms with van der Waals surface area (Å²) in [5, 5.41) is 10.5. The zero-order valence-corrected chi connectivity index (χ0v) is 14.2. The van der Waals surface area contributed by atoms with E-state index in [0.717, 1.165) is 47.7 Å². The number of anilines is 2. The van der Waals surface area contributed by atoms with E-state index in [1.165, 1.54) is 0 Å². The molecular weight excluding hydrogens is 312 g/mol. The molecule has 2 atom stereocenters. The molecule has 2 aliphatic rings. The van der Waals surface area contributed by atoms with E-state index in [-0.39, 0.29) is 0 Å². The van der Waals surface area contributed by atoms with Gasteiger partial charge in [0.25, 0.3) is 0 Å². The molecule has 0 amide bonds. The highest BCUT2D eigenvalue weighted by Gasteiger charge is 2.41. The van der Waals surface area contributed by atoms with Crippen LogP contribution >= 0.6 is 11.3 Å². The first kappa shape index (κ1) is 14.8. The van der Waals surface area contributed by atoms with Gasteiger partial charge in [-0.3, -0.25) is 0 Å². The maximum absolute atomic E-state index is 5.12. The van der Waals surface area contributed by atoms with Crippen LogP contribution < -0.4 is 9.80 Å². The lowest BCUT2D eigenvalue weighted by Crippen LogP contribution is -2.29. The molecule has 2 fully saturated rings. The van der Waals surface area contributed by atoms with E-state index in [9.17, 15) is 0 Å². The lowest BCUT2D eigenvalue weighted by atomic mass is 10.0. The molecule has 2 unspecified atom stereocenters. The summed E-state index contributed by atoms with van der Waals surface area (Å²) in [6, 6.07) is 0. The summed E-state index contributed by atoms with van der Waals surface area (Å²) >= 11 is 1.64. The third-order valence-electron chi connectivity index (χ3n) is 4.65. The molecular formula is C15H20N6OS. The zero-order chi connectivity index (χ0) is 15.8. The van der Waals surface area contributed by atoms with Crippen molar-refractivity contribution in [1.29, 1.82) is 0 Å². The van der Waals surface area contributed by atoms with Gasteiger partial charge < -0.3 is 14.5 Å². The standard InChI is InChI=1S/C15H20N6OS/c1-10-3-16-9-17-14(10)20-4-11-6-21(7-12(11)5-20)15-19-18-13(23-15)8-22-2/h3,9,11-12H,4-8H2,1-2H3. The summed E-state index contributed by atoms with van der Waals surface area (Å²) in [6.07, 6.45) is 3.53. The van der Waals surface area contributed by atoms with Crippen LogP contribution in [0.1, 0.15) is 10.6 Å². The smallest absolute Gasteiger partial charge is 0.208 e. The first-order valence-corrected chi connectivity index (χ1v) is 8.64. The van der Waals surface area contributed by atoms with E-state index >= 15 is 0 Å². The minimum absolute atomic E-state index is 0.541. The predicted octanol–water partition coefficient (Wildman–Crippen LogP) is 1.36. The van der Waals surface area contributed by atoms with Gasteiger partial charge in [0.15, 0.2) is 0 Å². The molecule has 122 valence electrons. The van der Waals surface area contributed by atoms with E-state index < -0.39 is 0 Å². The monoisotopic (exact) mass is 332 g/mol. The van der Waals surface area contributed by atoms with Crippen LogP contribution in [0.4, 0.5) is 10.9 Å². The van der Waals surface area contributed by atoms with Crippen LogP contribution in [-0.2, 0) is 11.3 Å². The summed E-state index contributed by atoms with van der Waals surface area (Å²) in [6.45, 7) is 6.83. The molecule has 0 N–H and O–H groups in total. The van der Waals surface area contributed by atoms with Crippen molar-refractivity contribution in [2.24, 2.45) is 11.8 Å². The quantitative estimate of drug-likeness (QED) is 0.837. The van der Waals surface area contributed by atoms with Crippen LogP contribution in [0, 0.1) is 18.8 Å². The van der Waals surface area contributed by atoms with Crippen molar-refractivity contribution >= 4 is 22.3 Å². The van der Waals surface area contributed by atoms with Crippen LogP contribution in [0.25, 0.3) is 0 Å². The summed E-state index contributed by atoms with van der Waals surface area (Å²) in [7, 11) is 1.69. The number of hydrogen-bond donors (Lipinski definition) is 0. The summed E-state index contributed by atoms with van der Waals surface area (Å²) in [4.78, 5) is 13.3. The Morgan fingerprint density at radius 3 is 2.61 bits per heavy atom. The molecule has 4 heterocycles. The van der Waals surface area contributed by atoms with Crippen molar-refractivity contribution in [2.75, 3.05) is 43.1 Å². The zero-order valence-electron chi connectivity index (χ0n) is 13.3. The van der Waals surface area contributed by atoms with Crippen LogP contribution in [0.15, 0.2) is 12.5 Å². The fourth-order valence-electron chi connectivity index (χ4n) is 3.60. The van der Waals surface area contributed by atoms with Crippen molar-refractivity contribution in [1.82, 2.24) is 20.2 Å². The van der Waals surface area contributed by atoms with Crippen LogP contribution in [0.5, 0.6) is 0 Å². The number of ether oxygens (including phenoxy) is 1. The van der Waals surface area contributed by atoms with Gasteiger partial charge >= 0.3 is 0 Å². The highest BCUT2D eigenvalue weighted by atomic mass is 32.1. The Kier molecular flexibility index (Phi) is 3.86. The minimum Gasteiger partial charge on any atom is -0.377 e. The highest BCUT2D eigenvalue weighted by molar-refractivity contribution is 7.15. The van der Waals surface area contributed by atoms with E-state index in [1.807, 2.05) is 6.20 Å². The minimum atomic E-state index is 0.541. The average Bonchev–Trinajstić information content (AvgIpc) is 3.21. The number of methoxy groups -OCH3 is 1. The van der Waals surface area contributed by atoms with Gasteiger partial charge in [-0.05, 0) is 6.92 Å². The van der Waals surface area contributed by atoms with Gasteiger partial charge in [-0.25, -0.2) is 9.97 Å². The SMILES string of the molecule is COCc1nnc(N2CC3CN(c4ncncc4C)CC3C2)s1. The highest BCUT2D eigenvalue weighted by Crippen LogP contribution is 2.36. The van der Waals surface area contributed by atoms with Gasteiger partial charge in [-0.15, -0.1) is 10.2 Å². The van der Waals surface area contributed by atoms with E-state index in [4.69, 9.17) is 4.74 Å². The molecule has 2 saturated heterocycles. The molecule has 0 aromatic carbocycles. The van der Waals surface area contributed by atoms with Crippen molar-refractivity contribution in [2.45, 2.75) is 13.5 Å². The van der Waals surface area contributed by atoms with E-state index in [1.54, 1.807) is 24.8 Å². The van der Waals surface area contributed by atoms with Gasteiger partial charge in [0.2, 0.25) is 5.13 Å². The van der Waals surface area contributed by atoms with Gasteiger partial charge in [0.05, 0.1) is 0 Å². The van der Waals surface area contributed by atoms with Gasteiger partial charge in [0, 0.05) is 56.9 Å². The molecule has 0 aliphatic carbocycles. The summed E-state index contributed by atoms with van der Waals surface area (Å²) < 4.78 is 5.12. The number of aryl methyl sites for hydroxylation is 1. The van der Waals surface area contributed by atoms with Crippen LogP contribution in [0.3, 0.4) is 0 Å². The number of aromatic nitrogens is 4. The fraction of sp³-hybridized carbons (Fsp3) is 0.600. The normalized spacial score (nSPS) is 23.6. The molecule has 23 heavy (non-hydrogen) atoms. The predicted molar refractivity (Wildman–Crippen MR) is 88.8 cm³/mol. The number of fused-ring (bicyclic) bond motifs is 1. The lowest BCUT2D eigenvalue weighted by molar-refractivity contribution is 0.184. The molecule has 2 aromatic heterocycles. The van der Waals surface area contributed by atoms with E-state index in [2.05, 4.69) is 36.9 Å². The maximum atomic E-state index is 5.12. The van der Waals surface area contributed by atoms with Crippen molar-refractivity contribution in [3.63, 3.8) is 0 Å². The van der Waals surface area contributed by atoms with E-state index in [0.29, 0.717) is 18.4 Å².